The largest absolute Gasteiger partial charge is 0.478 e. The summed E-state index contributed by atoms with van der Waals surface area (Å²) < 4.78 is 0. The molecule has 1 aromatic rings. The fourth-order valence-corrected chi connectivity index (χ4v) is 1.58. The second-order valence-corrected chi connectivity index (χ2v) is 4.38. The molecule has 0 unspecified atom stereocenters. The molecule has 0 amide bonds. The first-order valence-electron chi connectivity index (χ1n) is 6.82. The number of hydrogen-bond acceptors (Lipinski definition) is 2. The van der Waals surface area contributed by atoms with Gasteiger partial charge in [-0.05, 0) is 25.0 Å². The van der Waals surface area contributed by atoms with E-state index < -0.39 is 5.97 Å². The van der Waals surface area contributed by atoms with Gasteiger partial charge in [-0.3, -0.25) is 0 Å². The van der Waals surface area contributed by atoms with Crippen molar-refractivity contribution in [3.8, 4) is 0 Å². The molecule has 0 heterocycles. The van der Waals surface area contributed by atoms with Crippen LogP contribution in [0.2, 0.25) is 0 Å². The average molecular weight is 263 g/mol. The van der Waals surface area contributed by atoms with Crippen LogP contribution in [-0.2, 0) is 0 Å². The van der Waals surface area contributed by atoms with E-state index in [1.807, 2.05) is 6.08 Å². The summed E-state index contributed by atoms with van der Waals surface area (Å²) in [7, 11) is 0. The maximum atomic E-state index is 10.3. The minimum absolute atomic E-state index is 0.155. The van der Waals surface area contributed by atoms with Gasteiger partial charge in [-0.25, -0.2) is 4.79 Å². The molecule has 0 aromatic heterocycles. The summed E-state index contributed by atoms with van der Waals surface area (Å²) in [6, 6.07) is 6.36. The van der Waals surface area contributed by atoms with Gasteiger partial charge in [0, 0.05) is 5.69 Å². The molecule has 3 N–H and O–H groups in total. The van der Waals surface area contributed by atoms with Gasteiger partial charge in [0.1, 0.15) is 0 Å². The molecular formula is C16H25NO2. The third kappa shape index (κ3) is 8.89. The molecule has 0 aliphatic carbocycles. The highest BCUT2D eigenvalue weighted by Crippen LogP contribution is 2.09. The zero-order valence-electron chi connectivity index (χ0n) is 11.8. The van der Waals surface area contributed by atoms with E-state index in [2.05, 4.69) is 13.5 Å². The summed E-state index contributed by atoms with van der Waals surface area (Å²) in [6.45, 7) is 5.92. The third-order valence-electron chi connectivity index (χ3n) is 2.70. The summed E-state index contributed by atoms with van der Waals surface area (Å²) in [6.07, 6.45) is 10.1. The van der Waals surface area contributed by atoms with Crippen molar-refractivity contribution in [3.05, 3.63) is 42.5 Å². The number of unbranched alkanes of at least 4 members (excludes halogenated alkanes) is 5. The van der Waals surface area contributed by atoms with Gasteiger partial charge in [-0.2, -0.15) is 0 Å². The van der Waals surface area contributed by atoms with Gasteiger partial charge in [0.25, 0.3) is 0 Å². The summed E-state index contributed by atoms with van der Waals surface area (Å²) in [5.41, 5.74) is 5.80. The molecule has 1 rings (SSSR count). The Bertz CT molecular complexity index is 375. The smallest absolute Gasteiger partial charge is 0.337 e. The lowest BCUT2D eigenvalue weighted by atomic mass is 10.1. The second-order valence-electron chi connectivity index (χ2n) is 4.38. The van der Waals surface area contributed by atoms with Crippen molar-refractivity contribution in [1.29, 1.82) is 0 Å². The van der Waals surface area contributed by atoms with Crippen LogP contribution < -0.4 is 5.73 Å². The van der Waals surface area contributed by atoms with Crippen LogP contribution >= 0.6 is 0 Å². The number of hydrogen-bond donors (Lipinski definition) is 2. The van der Waals surface area contributed by atoms with Crippen molar-refractivity contribution in [3.63, 3.8) is 0 Å². The van der Waals surface area contributed by atoms with Crippen molar-refractivity contribution in [2.24, 2.45) is 0 Å². The molecule has 0 radical (unpaired) electrons. The Morgan fingerprint density at radius 2 is 1.89 bits per heavy atom. The second kappa shape index (κ2) is 11.3. The van der Waals surface area contributed by atoms with E-state index in [1.54, 1.807) is 18.2 Å². The molecule has 3 heteroatoms. The fourth-order valence-electron chi connectivity index (χ4n) is 1.58. The number of carboxylic acids is 1. The fraction of sp³-hybridized carbons (Fsp3) is 0.438. The SMILES string of the molecule is C=CCCCCCCC.Nc1ccccc1C(=O)O. The standard InChI is InChI=1S/C9H18.C7H7NO2/c1-3-5-7-9-8-6-4-2;8-6-4-2-1-3-5(6)7(9)10/h3H,1,4-9H2,2H3;1-4H,8H2,(H,9,10). The van der Waals surface area contributed by atoms with E-state index in [0.29, 0.717) is 5.69 Å². The van der Waals surface area contributed by atoms with E-state index in [9.17, 15) is 4.79 Å². The Hall–Kier alpha value is -1.77. The Morgan fingerprint density at radius 3 is 2.37 bits per heavy atom. The van der Waals surface area contributed by atoms with Crippen LogP contribution in [0.5, 0.6) is 0 Å². The van der Waals surface area contributed by atoms with Crippen molar-refractivity contribution >= 4 is 11.7 Å². The number of rotatable bonds is 7. The van der Waals surface area contributed by atoms with E-state index in [0.717, 1.165) is 0 Å². The van der Waals surface area contributed by atoms with E-state index in [1.165, 1.54) is 44.6 Å². The normalized spacial score (nSPS) is 9.32. The molecule has 19 heavy (non-hydrogen) atoms. The molecule has 106 valence electrons. The van der Waals surface area contributed by atoms with Crippen LogP contribution in [0, 0.1) is 0 Å². The number of allylic oxidation sites excluding steroid dienone is 1. The van der Waals surface area contributed by atoms with Gasteiger partial charge < -0.3 is 10.8 Å². The van der Waals surface area contributed by atoms with Crippen molar-refractivity contribution in [1.82, 2.24) is 0 Å². The lowest BCUT2D eigenvalue weighted by molar-refractivity contribution is 0.0698. The molecule has 0 spiro atoms. The molecule has 1 aromatic carbocycles. The number of benzene rings is 1. The minimum Gasteiger partial charge on any atom is -0.478 e. The highest BCUT2D eigenvalue weighted by atomic mass is 16.4. The van der Waals surface area contributed by atoms with Crippen molar-refractivity contribution in [2.75, 3.05) is 5.73 Å². The molecule has 0 bridgehead atoms. The number of para-hydroxylation sites is 1. The van der Waals surface area contributed by atoms with Crippen LogP contribution in [0.25, 0.3) is 0 Å². The van der Waals surface area contributed by atoms with Gasteiger partial charge in [0.15, 0.2) is 0 Å². The molecule has 3 nitrogen and oxygen atoms in total. The quantitative estimate of drug-likeness (QED) is 0.432. The highest BCUT2D eigenvalue weighted by molar-refractivity contribution is 5.93. The monoisotopic (exact) mass is 263 g/mol. The zero-order chi connectivity index (χ0) is 14.5. The van der Waals surface area contributed by atoms with Gasteiger partial charge in [-0.1, -0.05) is 50.8 Å². The number of nitrogen functional groups attached to an aromatic ring is 1. The Labute approximate surface area is 116 Å². The maximum absolute atomic E-state index is 10.3. The number of aromatic carboxylic acids is 1. The first kappa shape index (κ1) is 17.2. The molecule has 0 atom stereocenters. The maximum Gasteiger partial charge on any atom is 0.337 e. The molecule has 0 saturated carbocycles. The molecular weight excluding hydrogens is 238 g/mol. The Morgan fingerprint density at radius 1 is 1.26 bits per heavy atom. The van der Waals surface area contributed by atoms with Crippen LogP contribution in [0.15, 0.2) is 36.9 Å². The predicted octanol–water partition coefficient (Wildman–Crippen LogP) is 4.50. The summed E-state index contributed by atoms with van der Waals surface area (Å²) in [5, 5.41) is 8.49. The average Bonchev–Trinajstić information content (AvgIpc) is 2.40. The number of carbonyl (C=O) groups is 1. The third-order valence-corrected chi connectivity index (χ3v) is 2.70. The minimum atomic E-state index is -0.988. The highest BCUT2D eigenvalue weighted by Gasteiger charge is 2.03. The lowest BCUT2D eigenvalue weighted by Crippen LogP contribution is -2.00. The molecule has 0 fully saturated rings. The van der Waals surface area contributed by atoms with Crippen LogP contribution in [0.4, 0.5) is 5.69 Å². The molecule has 0 saturated heterocycles. The predicted molar refractivity (Wildman–Crippen MR) is 81.4 cm³/mol. The van der Waals surface area contributed by atoms with Crippen LogP contribution in [0.1, 0.15) is 55.8 Å². The Kier molecular flexibility index (Phi) is 10.3. The van der Waals surface area contributed by atoms with Gasteiger partial charge in [0.05, 0.1) is 5.56 Å². The van der Waals surface area contributed by atoms with E-state index >= 15 is 0 Å². The van der Waals surface area contributed by atoms with Gasteiger partial charge >= 0.3 is 5.97 Å². The summed E-state index contributed by atoms with van der Waals surface area (Å²) in [5.74, 6) is -0.988. The van der Waals surface area contributed by atoms with Crippen LogP contribution in [0.3, 0.4) is 0 Å². The van der Waals surface area contributed by atoms with Crippen molar-refractivity contribution < 1.29 is 9.90 Å². The topological polar surface area (TPSA) is 63.3 Å². The number of anilines is 1. The van der Waals surface area contributed by atoms with Crippen LogP contribution in [-0.4, -0.2) is 11.1 Å². The number of nitrogens with two attached hydrogens (primary N) is 1. The van der Waals surface area contributed by atoms with Gasteiger partial charge in [0.2, 0.25) is 0 Å². The summed E-state index contributed by atoms with van der Waals surface area (Å²) >= 11 is 0. The number of carboxylic acid groups (broad SMARTS) is 1. The zero-order valence-corrected chi connectivity index (χ0v) is 11.8. The van der Waals surface area contributed by atoms with E-state index in [4.69, 9.17) is 10.8 Å². The van der Waals surface area contributed by atoms with Crippen molar-refractivity contribution in [2.45, 2.75) is 45.4 Å². The van der Waals surface area contributed by atoms with Gasteiger partial charge in [-0.15, -0.1) is 6.58 Å². The Balaban J connectivity index is 0.000000344. The summed E-state index contributed by atoms with van der Waals surface area (Å²) in [4.78, 5) is 10.3. The lowest BCUT2D eigenvalue weighted by Gasteiger charge is -1.96. The molecule has 0 aliphatic heterocycles. The first-order valence-corrected chi connectivity index (χ1v) is 6.82. The first-order chi connectivity index (χ1) is 9.13. The molecule has 0 aliphatic rings. The van der Waals surface area contributed by atoms with E-state index in [-0.39, 0.29) is 5.56 Å².